The van der Waals surface area contributed by atoms with Crippen LogP contribution in [-0.4, -0.2) is 0 Å². The van der Waals surface area contributed by atoms with Crippen molar-refractivity contribution in [2.75, 3.05) is 9.80 Å². The van der Waals surface area contributed by atoms with E-state index in [0.717, 1.165) is 39.7 Å². The first kappa shape index (κ1) is 50.8. The Kier molecular flexibility index (Phi) is 14.5. The number of anilines is 6. The van der Waals surface area contributed by atoms with Crippen molar-refractivity contribution in [2.24, 2.45) is 0 Å². The summed E-state index contributed by atoms with van der Waals surface area (Å²) in [4.78, 5) is 4.65. The van der Waals surface area contributed by atoms with Crippen LogP contribution in [0.15, 0.2) is 303 Å². The van der Waals surface area contributed by atoms with Crippen molar-refractivity contribution >= 4 is 82.8 Å². The van der Waals surface area contributed by atoms with Crippen LogP contribution in [0, 0.1) is 0 Å². The molecule has 0 aromatic heterocycles. The van der Waals surface area contributed by atoms with E-state index < -0.39 is 0 Å². The first-order chi connectivity index (χ1) is 39.6. The quantitative estimate of drug-likeness (QED) is 0.0889. The standard InChI is InChI=1S/C76H56N2.C2H6/c1-3-23-53(4-2)73-65-32-17-19-34-67(65)74(68-35-20-18-33-66(68)73)55-40-38-54(39-41-55)58-46-51-71-72(52-58)76(57-44-49-64(50-45-57)78(61-28-13-7-14-29-61)62-30-15-8-16-31-62)70-37-22-21-36-69(70)75(71)56-42-47-63(48-43-56)77(59-24-9-5-10-25-59)60-26-11-6-12-27-60;1-2/h3-52H,1-2H3;1-2H3/b23-3-,53-4+;. The predicted molar refractivity (Wildman–Crippen MR) is 347 cm³/mol. The summed E-state index contributed by atoms with van der Waals surface area (Å²) in [6.45, 7) is 8.23. The van der Waals surface area contributed by atoms with Crippen LogP contribution in [0.4, 0.5) is 34.1 Å². The third-order valence-electron chi connectivity index (χ3n) is 15.3. The highest BCUT2D eigenvalue weighted by Gasteiger charge is 2.21. The van der Waals surface area contributed by atoms with Crippen molar-refractivity contribution in [2.45, 2.75) is 27.7 Å². The second-order valence-corrected chi connectivity index (χ2v) is 19.8. The molecule has 0 heterocycles. The van der Waals surface area contributed by atoms with Crippen LogP contribution in [0.5, 0.6) is 0 Å². The molecule has 0 unspecified atom stereocenters. The van der Waals surface area contributed by atoms with Crippen LogP contribution in [-0.2, 0) is 0 Å². The van der Waals surface area contributed by atoms with Crippen molar-refractivity contribution in [3.8, 4) is 44.5 Å². The molecule has 0 N–H and O–H groups in total. The van der Waals surface area contributed by atoms with Crippen LogP contribution in [0.25, 0.3) is 93.2 Å². The van der Waals surface area contributed by atoms with Gasteiger partial charge in [-0.3, -0.25) is 0 Å². The molecule has 13 aromatic rings. The summed E-state index contributed by atoms with van der Waals surface area (Å²) < 4.78 is 0. The van der Waals surface area contributed by atoms with Gasteiger partial charge in [-0.05, 0) is 191 Å². The molecule has 0 fully saturated rings. The molecule has 0 amide bonds. The van der Waals surface area contributed by atoms with Crippen molar-refractivity contribution < 1.29 is 0 Å². The lowest BCUT2D eigenvalue weighted by Gasteiger charge is -2.26. The van der Waals surface area contributed by atoms with E-state index in [0.29, 0.717) is 0 Å². The number of allylic oxidation sites excluding steroid dienone is 4. The average Bonchev–Trinajstić information content (AvgIpc) is 3.56. The number of hydrogen-bond acceptors (Lipinski definition) is 2. The monoisotopic (exact) mass is 1030 g/mol. The van der Waals surface area contributed by atoms with E-state index in [-0.39, 0.29) is 0 Å². The van der Waals surface area contributed by atoms with E-state index in [9.17, 15) is 0 Å². The van der Waals surface area contributed by atoms with Crippen molar-refractivity contribution in [1.82, 2.24) is 0 Å². The van der Waals surface area contributed by atoms with E-state index >= 15 is 0 Å². The molecule has 0 saturated carbocycles. The van der Waals surface area contributed by atoms with Crippen LogP contribution >= 0.6 is 0 Å². The number of benzene rings is 13. The van der Waals surface area contributed by atoms with Gasteiger partial charge in [-0.15, -0.1) is 0 Å². The summed E-state index contributed by atoms with van der Waals surface area (Å²) in [7, 11) is 0. The van der Waals surface area contributed by atoms with E-state index in [4.69, 9.17) is 0 Å². The zero-order chi connectivity index (χ0) is 54.4. The summed E-state index contributed by atoms with van der Waals surface area (Å²) in [5.41, 5.74) is 18.7. The minimum absolute atomic E-state index is 1.09. The number of nitrogens with zero attached hydrogens (tertiary/aromatic N) is 2. The minimum Gasteiger partial charge on any atom is -0.311 e. The van der Waals surface area contributed by atoms with Gasteiger partial charge in [0.25, 0.3) is 0 Å². The first-order valence-corrected chi connectivity index (χ1v) is 28.0. The largest absolute Gasteiger partial charge is 0.311 e. The molecule has 0 saturated heterocycles. The maximum absolute atomic E-state index is 2.43. The van der Waals surface area contributed by atoms with Gasteiger partial charge in [0.1, 0.15) is 0 Å². The summed E-state index contributed by atoms with van der Waals surface area (Å²) in [5, 5.41) is 9.84. The highest BCUT2D eigenvalue weighted by molar-refractivity contribution is 6.23. The molecule has 13 rings (SSSR count). The molecular weight excluding hydrogens is 965 g/mol. The highest BCUT2D eigenvalue weighted by atomic mass is 15.1. The Balaban J connectivity index is 0.00000315. The lowest BCUT2D eigenvalue weighted by Crippen LogP contribution is -2.09. The third kappa shape index (κ3) is 9.52. The van der Waals surface area contributed by atoms with Crippen LogP contribution in [0.2, 0.25) is 0 Å². The van der Waals surface area contributed by atoms with Crippen molar-refractivity contribution in [3.63, 3.8) is 0 Å². The molecule has 80 heavy (non-hydrogen) atoms. The molecule has 0 aliphatic heterocycles. The van der Waals surface area contributed by atoms with Crippen LogP contribution in [0.3, 0.4) is 0 Å². The van der Waals surface area contributed by atoms with Gasteiger partial charge in [0.2, 0.25) is 0 Å². The summed E-state index contributed by atoms with van der Waals surface area (Å²) in [6.07, 6.45) is 6.59. The van der Waals surface area contributed by atoms with Crippen LogP contribution < -0.4 is 9.80 Å². The first-order valence-electron chi connectivity index (χ1n) is 28.0. The third-order valence-corrected chi connectivity index (χ3v) is 15.3. The number of hydrogen-bond donors (Lipinski definition) is 0. The molecule has 0 bridgehead atoms. The molecule has 0 radical (unpaired) electrons. The van der Waals surface area contributed by atoms with Crippen molar-refractivity contribution in [3.05, 3.63) is 309 Å². The summed E-state index contributed by atoms with van der Waals surface area (Å²) in [5.74, 6) is 0. The molecule has 2 heteroatoms. The lowest BCUT2D eigenvalue weighted by molar-refractivity contribution is 1.28. The van der Waals surface area contributed by atoms with E-state index in [1.54, 1.807) is 0 Å². The van der Waals surface area contributed by atoms with Crippen molar-refractivity contribution in [1.29, 1.82) is 0 Å². The second-order valence-electron chi connectivity index (χ2n) is 19.8. The van der Waals surface area contributed by atoms with Gasteiger partial charge in [-0.1, -0.05) is 238 Å². The van der Waals surface area contributed by atoms with Crippen LogP contribution in [0.1, 0.15) is 33.3 Å². The van der Waals surface area contributed by atoms with Gasteiger partial charge in [-0.25, -0.2) is 0 Å². The SMILES string of the molecule is C/C=C\C(=C/C)c1c2ccccc2c(-c2ccc(-c3ccc4c(-c5ccc(N(c6ccccc6)c6ccccc6)cc5)c5ccccc5c(-c5ccc(N(c6ccccc6)c6ccccc6)cc5)c4c3)cc2)c2ccccc12.CC. The second kappa shape index (κ2) is 22.9. The van der Waals surface area contributed by atoms with Gasteiger partial charge in [-0.2, -0.15) is 0 Å². The lowest BCUT2D eigenvalue weighted by atomic mass is 9.84. The average molecular weight is 1030 g/mol. The molecule has 0 aliphatic rings. The van der Waals surface area contributed by atoms with E-state index in [1.165, 1.54) is 93.2 Å². The fourth-order valence-electron chi connectivity index (χ4n) is 11.8. The number of rotatable bonds is 12. The Morgan fingerprint density at radius 1 is 0.263 bits per heavy atom. The number of para-hydroxylation sites is 4. The fraction of sp³-hybridized carbons (Fsp3) is 0.0513. The zero-order valence-electron chi connectivity index (χ0n) is 45.8. The van der Waals surface area contributed by atoms with Gasteiger partial charge in [0, 0.05) is 34.1 Å². The van der Waals surface area contributed by atoms with Gasteiger partial charge < -0.3 is 9.80 Å². The zero-order valence-corrected chi connectivity index (χ0v) is 45.8. The maximum atomic E-state index is 2.43. The Bertz CT molecular complexity index is 4200. The molecule has 2 nitrogen and oxygen atoms in total. The molecule has 0 spiro atoms. The Morgan fingerprint density at radius 3 is 0.900 bits per heavy atom. The van der Waals surface area contributed by atoms with Gasteiger partial charge in [0.15, 0.2) is 0 Å². The Labute approximate surface area is 471 Å². The summed E-state index contributed by atoms with van der Waals surface area (Å²) in [6, 6.07) is 104. The predicted octanol–water partition coefficient (Wildman–Crippen LogP) is 22.9. The normalized spacial score (nSPS) is 11.5. The van der Waals surface area contributed by atoms with Gasteiger partial charge >= 0.3 is 0 Å². The summed E-state index contributed by atoms with van der Waals surface area (Å²) >= 11 is 0. The van der Waals surface area contributed by atoms with Gasteiger partial charge in [0.05, 0.1) is 0 Å². The molecule has 13 aromatic carbocycles. The molecule has 0 atom stereocenters. The Hall–Kier alpha value is -10.0. The molecular formula is C78H62N2. The molecule has 0 aliphatic carbocycles. The molecule has 384 valence electrons. The van der Waals surface area contributed by atoms with E-state index in [1.807, 2.05) is 13.8 Å². The number of fused-ring (bicyclic) bond motifs is 4. The smallest absolute Gasteiger partial charge is 0.0462 e. The van der Waals surface area contributed by atoms with E-state index in [2.05, 4.69) is 327 Å². The highest BCUT2D eigenvalue weighted by Crippen LogP contribution is 2.48. The fourth-order valence-corrected chi connectivity index (χ4v) is 11.8. The topological polar surface area (TPSA) is 6.48 Å². The Morgan fingerprint density at radius 2 is 0.537 bits per heavy atom. The minimum atomic E-state index is 1.09. The maximum Gasteiger partial charge on any atom is 0.0462 e.